The predicted molar refractivity (Wildman–Crippen MR) is 116 cm³/mol. The predicted octanol–water partition coefficient (Wildman–Crippen LogP) is 6.56. The molecule has 0 fully saturated rings. The summed E-state index contributed by atoms with van der Waals surface area (Å²) in [6.07, 6.45) is 4.92. The van der Waals surface area contributed by atoms with Gasteiger partial charge in [0.1, 0.15) is 0 Å². The van der Waals surface area contributed by atoms with E-state index in [0.29, 0.717) is 0 Å². The summed E-state index contributed by atoms with van der Waals surface area (Å²) in [5, 5.41) is 9.22. The van der Waals surface area contributed by atoms with Gasteiger partial charge in [0.2, 0.25) is 0 Å². The largest absolute Gasteiger partial charge is 0.396 e. The monoisotopic (exact) mass is 350 g/mol. The van der Waals surface area contributed by atoms with Crippen molar-refractivity contribution in [1.29, 1.82) is 0 Å². The third kappa shape index (κ3) is 6.00. The molecule has 1 N–H and O–H groups in total. The van der Waals surface area contributed by atoms with Crippen molar-refractivity contribution in [2.75, 3.05) is 6.61 Å². The van der Waals surface area contributed by atoms with Crippen LogP contribution in [0.1, 0.15) is 57.8 Å². The van der Waals surface area contributed by atoms with Crippen LogP contribution in [0.15, 0.2) is 61.2 Å². The van der Waals surface area contributed by atoms with Crippen LogP contribution in [0.5, 0.6) is 0 Å². The average Bonchev–Trinajstić information content (AvgIpc) is 2.59. The molecule has 0 atom stereocenters. The number of allylic oxidation sites excluding steroid dienone is 3. The summed E-state index contributed by atoms with van der Waals surface area (Å²) in [5.41, 5.74) is 7.68. The van der Waals surface area contributed by atoms with Gasteiger partial charge in [0.05, 0.1) is 0 Å². The van der Waals surface area contributed by atoms with Gasteiger partial charge in [-0.3, -0.25) is 0 Å². The molecule has 2 aromatic rings. The van der Waals surface area contributed by atoms with Gasteiger partial charge in [-0.2, -0.15) is 0 Å². The molecular formula is C25H34O. The van der Waals surface area contributed by atoms with Gasteiger partial charge in [0.25, 0.3) is 0 Å². The first-order chi connectivity index (χ1) is 12.3. The molecule has 1 heteroatoms. The minimum Gasteiger partial charge on any atom is -0.396 e. The number of benzene rings is 2. The third-order valence-electron chi connectivity index (χ3n) is 4.59. The van der Waals surface area contributed by atoms with E-state index in [1.807, 2.05) is 6.07 Å². The Morgan fingerprint density at radius 3 is 2.04 bits per heavy atom. The van der Waals surface area contributed by atoms with Crippen LogP contribution in [0.4, 0.5) is 0 Å². The molecule has 0 aliphatic heterocycles. The molecule has 26 heavy (non-hydrogen) atoms. The maximum atomic E-state index is 9.22. The lowest BCUT2D eigenvalue weighted by atomic mass is 9.91. The van der Waals surface area contributed by atoms with Crippen molar-refractivity contribution in [2.45, 2.75) is 47.0 Å². The van der Waals surface area contributed by atoms with E-state index in [2.05, 4.69) is 82.8 Å². The molecule has 2 aromatic carbocycles. The first-order valence-electron chi connectivity index (χ1n) is 9.46. The van der Waals surface area contributed by atoms with E-state index in [1.54, 1.807) is 0 Å². The first-order valence-corrected chi connectivity index (χ1v) is 9.46. The standard InChI is InChI=1S/C25H32O.H2/c1-19(10-11-23-8-6-7-9-24(23)16-17-26)21-12-14-22(15-13-21)20(2)18-25(3,4)5;/h6-9,12-15,18,26H,1,10-11,16-17H2,2-5H3;1H/b20-18+;. The number of aliphatic hydroxyl groups is 1. The van der Waals surface area contributed by atoms with E-state index in [0.717, 1.165) is 24.8 Å². The molecule has 0 aromatic heterocycles. The van der Waals surface area contributed by atoms with Crippen molar-refractivity contribution in [3.8, 4) is 0 Å². The van der Waals surface area contributed by atoms with Crippen LogP contribution in [0, 0.1) is 5.41 Å². The highest BCUT2D eigenvalue weighted by molar-refractivity contribution is 5.69. The van der Waals surface area contributed by atoms with Crippen LogP contribution in [0.3, 0.4) is 0 Å². The van der Waals surface area contributed by atoms with Gasteiger partial charge in [-0.15, -0.1) is 0 Å². The number of aryl methyl sites for hydroxylation is 1. The van der Waals surface area contributed by atoms with Gasteiger partial charge in [0, 0.05) is 8.03 Å². The highest BCUT2D eigenvalue weighted by Gasteiger charge is 2.08. The molecule has 0 radical (unpaired) electrons. The Morgan fingerprint density at radius 2 is 1.50 bits per heavy atom. The van der Waals surface area contributed by atoms with Crippen LogP contribution in [0.2, 0.25) is 0 Å². The summed E-state index contributed by atoms with van der Waals surface area (Å²) in [6.45, 7) is 13.3. The minimum atomic E-state index is 0. The van der Waals surface area contributed by atoms with E-state index in [9.17, 15) is 5.11 Å². The maximum Gasteiger partial charge on any atom is 0.0471 e. The lowest BCUT2D eigenvalue weighted by Gasteiger charge is -2.15. The molecule has 0 saturated heterocycles. The number of rotatable bonds is 7. The molecule has 0 aliphatic rings. The second-order valence-corrected chi connectivity index (χ2v) is 8.12. The minimum absolute atomic E-state index is 0. The lowest BCUT2D eigenvalue weighted by molar-refractivity contribution is 0.299. The molecule has 0 spiro atoms. The molecule has 0 saturated carbocycles. The Hall–Kier alpha value is -2.12. The van der Waals surface area contributed by atoms with Crippen LogP contribution >= 0.6 is 0 Å². The summed E-state index contributed by atoms with van der Waals surface area (Å²) in [6, 6.07) is 17.1. The van der Waals surface area contributed by atoms with E-state index in [-0.39, 0.29) is 13.4 Å². The molecule has 2 rings (SSSR count). The van der Waals surface area contributed by atoms with Crippen LogP contribution in [-0.4, -0.2) is 11.7 Å². The fourth-order valence-electron chi connectivity index (χ4n) is 3.30. The molecule has 1 nitrogen and oxygen atoms in total. The van der Waals surface area contributed by atoms with Crippen molar-refractivity contribution in [1.82, 2.24) is 0 Å². The Kier molecular flexibility index (Phi) is 6.99. The van der Waals surface area contributed by atoms with Crippen molar-refractivity contribution in [2.24, 2.45) is 5.41 Å². The van der Waals surface area contributed by atoms with Crippen molar-refractivity contribution >= 4 is 11.1 Å². The second-order valence-electron chi connectivity index (χ2n) is 8.12. The summed E-state index contributed by atoms with van der Waals surface area (Å²) in [5.74, 6) is 0. The zero-order valence-electron chi connectivity index (χ0n) is 16.7. The summed E-state index contributed by atoms with van der Waals surface area (Å²) in [7, 11) is 0. The topological polar surface area (TPSA) is 20.2 Å². The molecule has 140 valence electrons. The summed E-state index contributed by atoms with van der Waals surface area (Å²) < 4.78 is 0. The van der Waals surface area contributed by atoms with Gasteiger partial charge in [0.15, 0.2) is 0 Å². The normalized spacial score (nSPS) is 12.3. The Labute approximate surface area is 160 Å². The first kappa shape index (κ1) is 20.2. The van der Waals surface area contributed by atoms with E-state index in [4.69, 9.17) is 0 Å². The van der Waals surface area contributed by atoms with E-state index >= 15 is 0 Å². The highest BCUT2D eigenvalue weighted by Crippen LogP contribution is 2.26. The Morgan fingerprint density at radius 1 is 0.962 bits per heavy atom. The number of hydrogen-bond acceptors (Lipinski definition) is 1. The Balaban J connectivity index is 0.00000364. The zero-order valence-corrected chi connectivity index (χ0v) is 16.7. The quantitative estimate of drug-likeness (QED) is 0.599. The average molecular weight is 351 g/mol. The van der Waals surface area contributed by atoms with Gasteiger partial charge in [-0.25, -0.2) is 0 Å². The van der Waals surface area contributed by atoms with Gasteiger partial charge in [-0.05, 0) is 65.0 Å². The highest BCUT2D eigenvalue weighted by atomic mass is 16.2. The SMILES string of the molecule is C=C(CCc1ccccc1CCO)c1ccc(/C(C)=C/C(C)(C)C)cc1.[HH]. The maximum absolute atomic E-state index is 9.22. The molecule has 0 amide bonds. The van der Waals surface area contributed by atoms with Gasteiger partial charge < -0.3 is 5.11 Å². The summed E-state index contributed by atoms with van der Waals surface area (Å²) in [4.78, 5) is 0. The van der Waals surface area contributed by atoms with E-state index < -0.39 is 0 Å². The molecule has 0 unspecified atom stereocenters. The fraction of sp³-hybridized carbons (Fsp3) is 0.360. The van der Waals surface area contributed by atoms with Gasteiger partial charge >= 0.3 is 0 Å². The number of aliphatic hydroxyl groups excluding tert-OH is 1. The zero-order chi connectivity index (χ0) is 19.2. The van der Waals surface area contributed by atoms with Gasteiger partial charge in [-0.1, -0.05) is 82.0 Å². The molecule has 0 heterocycles. The smallest absolute Gasteiger partial charge is 0.0471 e. The van der Waals surface area contributed by atoms with Crippen LogP contribution < -0.4 is 0 Å². The van der Waals surface area contributed by atoms with Crippen LogP contribution in [0.25, 0.3) is 11.1 Å². The molecular weight excluding hydrogens is 316 g/mol. The van der Waals surface area contributed by atoms with Crippen molar-refractivity contribution in [3.05, 3.63) is 83.4 Å². The molecule has 0 aliphatic carbocycles. The third-order valence-corrected chi connectivity index (χ3v) is 4.59. The lowest BCUT2D eigenvalue weighted by Crippen LogP contribution is -2.00. The Bertz CT molecular complexity index is 764. The van der Waals surface area contributed by atoms with Crippen molar-refractivity contribution < 1.29 is 6.53 Å². The summed E-state index contributed by atoms with van der Waals surface area (Å²) >= 11 is 0. The number of hydrogen-bond donors (Lipinski definition) is 1. The fourth-order valence-corrected chi connectivity index (χ4v) is 3.30. The van der Waals surface area contributed by atoms with Crippen molar-refractivity contribution in [3.63, 3.8) is 0 Å². The molecule has 0 bridgehead atoms. The second kappa shape index (κ2) is 9.00. The van der Waals surface area contributed by atoms with E-state index in [1.165, 1.54) is 27.8 Å². The van der Waals surface area contributed by atoms with Crippen LogP contribution in [-0.2, 0) is 12.8 Å².